The molecule has 2 aromatic rings. The minimum atomic E-state index is -0.634. The average molecular weight is 477 g/mol. The van der Waals surface area contributed by atoms with E-state index in [1.165, 1.54) is 0 Å². The first-order valence-corrected chi connectivity index (χ1v) is 11.4. The van der Waals surface area contributed by atoms with Crippen molar-refractivity contribution in [3.8, 4) is 17.2 Å². The summed E-state index contributed by atoms with van der Waals surface area (Å²) in [4.78, 5) is 27.8. The molecule has 2 atom stereocenters. The van der Waals surface area contributed by atoms with Crippen LogP contribution >= 0.6 is 11.6 Å². The molecule has 0 spiro atoms. The van der Waals surface area contributed by atoms with Crippen molar-refractivity contribution in [1.82, 2.24) is 10.2 Å². The van der Waals surface area contributed by atoms with Crippen molar-refractivity contribution in [1.29, 1.82) is 0 Å². The van der Waals surface area contributed by atoms with Gasteiger partial charge in [0.25, 0.3) is 5.91 Å². The number of ether oxygens (including phenoxy) is 3. The summed E-state index contributed by atoms with van der Waals surface area (Å²) < 4.78 is 16.3. The monoisotopic (exact) mass is 476 g/mol. The highest BCUT2D eigenvalue weighted by Crippen LogP contribution is 2.27. The Labute approximate surface area is 201 Å². The van der Waals surface area contributed by atoms with Crippen LogP contribution in [0.4, 0.5) is 0 Å². The van der Waals surface area contributed by atoms with Gasteiger partial charge >= 0.3 is 0 Å². The lowest BCUT2D eigenvalue weighted by Crippen LogP contribution is -2.51. The number of carbonyl (C=O) groups is 2. The molecule has 0 aromatic heterocycles. The average Bonchev–Trinajstić information content (AvgIpc) is 2.83. The van der Waals surface area contributed by atoms with E-state index in [2.05, 4.69) is 5.32 Å². The second kappa shape index (κ2) is 12.9. The Bertz CT molecular complexity index is 897. The van der Waals surface area contributed by atoms with Gasteiger partial charge in [-0.05, 0) is 37.5 Å². The summed E-state index contributed by atoms with van der Waals surface area (Å²) in [5.41, 5.74) is 0.866. The van der Waals surface area contributed by atoms with Crippen LogP contribution < -0.4 is 19.5 Å². The van der Waals surface area contributed by atoms with Crippen molar-refractivity contribution in [2.45, 2.75) is 52.2 Å². The first-order valence-electron chi connectivity index (χ1n) is 11.0. The lowest BCUT2D eigenvalue weighted by Gasteiger charge is -2.31. The van der Waals surface area contributed by atoms with Crippen LogP contribution in [0, 0.1) is 0 Å². The third-order valence-electron chi connectivity index (χ3n) is 5.34. The second-order valence-electron chi connectivity index (χ2n) is 7.73. The van der Waals surface area contributed by atoms with E-state index >= 15 is 0 Å². The van der Waals surface area contributed by atoms with Gasteiger partial charge in [0.15, 0.2) is 6.61 Å². The fraction of sp³-hybridized carbons (Fsp3) is 0.440. The Balaban J connectivity index is 2.24. The zero-order chi connectivity index (χ0) is 24.4. The molecule has 0 saturated heterocycles. The number of rotatable bonds is 12. The van der Waals surface area contributed by atoms with Crippen LogP contribution in [0.3, 0.4) is 0 Å². The molecular weight excluding hydrogens is 444 g/mol. The van der Waals surface area contributed by atoms with Gasteiger partial charge in [0.05, 0.1) is 14.2 Å². The Morgan fingerprint density at radius 3 is 2.06 bits per heavy atom. The standard InChI is InChI=1S/C25H33ClN2O5/c1-6-17(3)27-25(30)23(7-2)28(15-18-8-10-19(26)11-9-18)24(29)16-33-22-13-20(31-4)12-21(14-22)32-5/h8-14,17,23H,6-7,15-16H2,1-5H3,(H,27,30)/t17-,23-/m0/s1. The predicted octanol–water partition coefficient (Wildman–Crippen LogP) is 4.46. The molecule has 2 aromatic carbocycles. The quantitative estimate of drug-likeness (QED) is 0.489. The maximum atomic E-state index is 13.3. The normalized spacial score (nSPS) is 12.4. The van der Waals surface area contributed by atoms with Crippen molar-refractivity contribution in [3.63, 3.8) is 0 Å². The zero-order valence-corrected chi connectivity index (χ0v) is 20.6. The zero-order valence-electron chi connectivity index (χ0n) is 19.9. The maximum absolute atomic E-state index is 13.3. The molecule has 0 unspecified atom stereocenters. The van der Waals surface area contributed by atoms with Gasteiger partial charge in [0.1, 0.15) is 23.3 Å². The van der Waals surface area contributed by atoms with Crippen molar-refractivity contribution >= 4 is 23.4 Å². The van der Waals surface area contributed by atoms with Crippen LogP contribution in [0.15, 0.2) is 42.5 Å². The number of methoxy groups -OCH3 is 2. The molecule has 0 aliphatic heterocycles. The van der Waals surface area contributed by atoms with E-state index < -0.39 is 6.04 Å². The van der Waals surface area contributed by atoms with Crippen LogP contribution in [0.25, 0.3) is 0 Å². The topological polar surface area (TPSA) is 77.1 Å². The Kier molecular flexibility index (Phi) is 10.3. The lowest BCUT2D eigenvalue weighted by molar-refractivity contribution is -0.143. The number of nitrogens with zero attached hydrogens (tertiary/aromatic N) is 1. The van der Waals surface area contributed by atoms with Gasteiger partial charge in [-0.1, -0.05) is 37.6 Å². The van der Waals surface area contributed by atoms with Crippen LogP contribution in [0.5, 0.6) is 17.2 Å². The van der Waals surface area contributed by atoms with Crippen LogP contribution in [0.2, 0.25) is 5.02 Å². The van der Waals surface area contributed by atoms with E-state index in [9.17, 15) is 9.59 Å². The van der Waals surface area contributed by atoms with E-state index in [1.807, 2.05) is 32.9 Å². The molecule has 0 aliphatic rings. The molecule has 2 amide bonds. The van der Waals surface area contributed by atoms with Crippen molar-refractivity contribution in [2.24, 2.45) is 0 Å². The van der Waals surface area contributed by atoms with Gasteiger partial charge in [-0.15, -0.1) is 0 Å². The van der Waals surface area contributed by atoms with E-state index in [0.29, 0.717) is 28.7 Å². The third kappa shape index (κ3) is 7.86. The van der Waals surface area contributed by atoms with Gasteiger partial charge < -0.3 is 24.4 Å². The SMILES string of the molecule is CC[C@H](C)NC(=O)[C@H](CC)N(Cc1ccc(Cl)cc1)C(=O)COc1cc(OC)cc(OC)c1. The van der Waals surface area contributed by atoms with E-state index in [0.717, 1.165) is 12.0 Å². The molecule has 0 bridgehead atoms. The molecule has 0 fully saturated rings. The molecule has 2 rings (SSSR count). The van der Waals surface area contributed by atoms with Crippen molar-refractivity contribution < 1.29 is 23.8 Å². The maximum Gasteiger partial charge on any atom is 0.261 e. The van der Waals surface area contributed by atoms with Crippen molar-refractivity contribution in [2.75, 3.05) is 20.8 Å². The van der Waals surface area contributed by atoms with Crippen LogP contribution in [-0.4, -0.2) is 49.6 Å². The van der Waals surface area contributed by atoms with Crippen molar-refractivity contribution in [3.05, 3.63) is 53.1 Å². The van der Waals surface area contributed by atoms with E-state index in [1.54, 1.807) is 49.5 Å². The summed E-state index contributed by atoms with van der Waals surface area (Å²) in [6.07, 6.45) is 1.27. The van der Waals surface area contributed by atoms with Gasteiger partial charge in [-0.3, -0.25) is 9.59 Å². The Hall–Kier alpha value is -2.93. The molecule has 7 nitrogen and oxygen atoms in total. The molecule has 33 heavy (non-hydrogen) atoms. The molecule has 0 aliphatic carbocycles. The number of benzene rings is 2. The summed E-state index contributed by atoms with van der Waals surface area (Å²) in [6, 6.07) is 11.7. The Morgan fingerprint density at radius 1 is 0.970 bits per heavy atom. The third-order valence-corrected chi connectivity index (χ3v) is 5.59. The van der Waals surface area contributed by atoms with E-state index in [-0.39, 0.29) is 31.0 Å². The summed E-state index contributed by atoms with van der Waals surface area (Å²) >= 11 is 6.01. The van der Waals surface area contributed by atoms with Gasteiger partial charge in [0.2, 0.25) is 5.91 Å². The molecule has 0 heterocycles. The lowest BCUT2D eigenvalue weighted by atomic mass is 10.1. The number of hydrogen-bond donors (Lipinski definition) is 1. The number of halogens is 1. The Morgan fingerprint density at radius 2 is 1.55 bits per heavy atom. The minimum absolute atomic E-state index is 0.0135. The highest BCUT2D eigenvalue weighted by Gasteiger charge is 2.29. The summed E-state index contributed by atoms with van der Waals surface area (Å²) in [7, 11) is 3.08. The highest BCUT2D eigenvalue weighted by molar-refractivity contribution is 6.30. The van der Waals surface area contributed by atoms with Gasteiger partial charge in [-0.25, -0.2) is 0 Å². The smallest absolute Gasteiger partial charge is 0.261 e. The van der Waals surface area contributed by atoms with Crippen LogP contribution in [0.1, 0.15) is 39.2 Å². The van der Waals surface area contributed by atoms with Crippen LogP contribution in [-0.2, 0) is 16.1 Å². The number of amides is 2. The predicted molar refractivity (Wildman–Crippen MR) is 129 cm³/mol. The minimum Gasteiger partial charge on any atom is -0.496 e. The van der Waals surface area contributed by atoms with E-state index in [4.69, 9.17) is 25.8 Å². The largest absolute Gasteiger partial charge is 0.496 e. The highest BCUT2D eigenvalue weighted by atomic mass is 35.5. The molecule has 8 heteroatoms. The van der Waals surface area contributed by atoms with Gasteiger partial charge in [0, 0.05) is 35.8 Å². The molecule has 0 saturated carbocycles. The fourth-order valence-corrected chi connectivity index (χ4v) is 3.37. The second-order valence-corrected chi connectivity index (χ2v) is 8.16. The molecule has 180 valence electrons. The van der Waals surface area contributed by atoms with Gasteiger partial charge in [-0.2, -0.15) is 0 Å². The summed E-state index contributed by atoms with van der Waals surface area (Å²) in [5, 5.41) is 3.59. The number of hydrogen-bond acceptors (Lipinski definition) is 5. The fourth-order valence-electron chi connectivity index (χ4n) is 3.24. The molecule has 1 N–H and O–H groups in total. The first kappa shape index (κ1) is 26.3. The first-order chi connectivity index (χ1) is 15.8. The molecule has 0 radical (unpaired) electrons. The summed E-state index contributed by atoms with van der Waals surface area (Å²) in [5.74, 6) is 1.04. The number of nitrogens with one attached hydrogen (secondary N) is 1. The molecular formula is C25H33ClN2O5. The number of carbonyl (C=O) groups excluding carboxylic acids is 2. The summed E-state index contributed by atoms with van der Waals surface area (Å²) in [6.45, 7) is 5.84.